The predicted molar refractivity (Wildman–Crippen MR) is 122 cm³/mol. The highest BCUT2D eigenvalue weighted by molar-refractivity contribution is 6.37. The number of para-hydroxylation sites is 1. The molecule has 0 spiro atoms. The number of halogens is 2. The maximum Gasteiger partial charge on any atom is 0.271 e. The Morgan fingerprint density at radius 3 is 2.39 bits per heavy atom. The Hall–Kier alpha value is -3.42. The van der Waals surface area contributed by atoms with Crippen LogP contribution >= 0.6 is 23.2 Å². The van der Waals surface area contributed by atoms with Crippen molar-refractivity contribution >= 4 is 40.5 Å². The zero-order valence-corrected chi connectivity index (χ0v) is 18.0. The molecule has 4 rings (SSSR count). The van der Waals surface area contributed by atoms with E-state index in [1.165, 1.54) is 4.68 Å². The average Bonchev–Trinajstić information content (AvgIpc) is 3.17. The van der Waals surface area contributed by atoms with Gasteiger partial charge in [0, 0.05) is 11.3 Å². The Balaban J connectivity index is 1.66. The summed E-state index contributed by atoms with van der Waals surface area (Å²) in [7, 11) is 0. The van der Waals surface area contributed by atoms with Crippen LogP contribution in [-0.2, 0) is 6.42 Å². The Morgan fingerprint density at radius 2 is 1.74 bits per heavy atom. The van der Waals surface area contributed by atoms with Gasteiger partial charge in [0.05, 0.1) is 34.3 Å². The number of rotatable bonds is 6. The highest BCUT2D eigenvalue weighted by Crippen LogP contribution is 2.31. The second-order valence-corrected chi connectivity index (χ2v) is 7.57. The van der Waals surface area contributed by atoms with Gasteiger partial charge in [-0.1, -0.05) is 48.3 Å². The number of hydrogen-bond donors (Lipinski definition) is 2. The molecule has 0 atom stereocenters. The van der Waals surface area contributed by atoms with Gasteiger partial charge in [0.25, 0.3) is 5.91 Å². The number of amides is 1. The highest BCUT2D eigenvalue weighted by Gasteiger charge is 2.18. The SMILES string of the molecule is CCc1cnncc1-c1ccc(Nc2cn(-c3c(Cl)cccc3Cl)nc2C(N)=O)cc1. The minimum atomic E-state index is -0.670. The van der Waals surface area contributed by atoms with Gasteiger partial charge in [0.15, 0.2) is 5.69 Å². The van der Waals surface area contributed by atoms with Crippen molar-refractivity contribution < 1.29 is 4.79 Å². The van der Waals surface area contributed by atoms with E-state index in [9.17, 15) is 4.79 Å². The van der Waals surface area contributed by atoms with Crippen LogP contribution in [0, 0.1) is 0 Å². The van der Waals surface area contributed by atoms with E-state index >= 15 is 0 Å². The summed E-state index contributed by atoms with van der Waals surface area (Å²) in [6.07, 6.45) is 6.01. The Kier molecular flexibility index (Phi) is 5.88. The average molecular weight is 453 g/mol. The summed E-state index contributed by atoms with van der Waals surface area (Å²) in [5.41, 5.74) is 10.4. The third-order valence-corrected chi connectivity index (χ3v) is 5.39. The molecule has 0 saturated carbocycles. The molecule has 0 radical (unpaired) electrons. The number of benzene rings is 2. The number of carbonyl (C=O) groups is 1. The Bertz CT molecular complexity index is 1230. The molecule has 4 aromatic rings. The van der Waals surface area contributed by atoms with Crippen LogP contribution in [0.2, 0.25) is 10.0 Å². The van der Waals surface area contributed by atoms with Crippen molar-refractivity contribution in [3.05, 3.63) is 82.4 Å². The first-order valence-electron chi connectivity index (χ1n) is 9.48. The second-order valence-electron chi connectivity index (χ2n) is 6.75. The lowest BCUT2D eigenvalue weighted by molar-refractivity contribution is 0.0996. The third-order valence-electron chi connectivity index (χ3n) is 4.78. The summed E-state index contributed by atoms with van der Waals surface area (Å²) in [4.78, 5) is 12.0. The summed E-state index contributed by atoms with van der Waals surface area (Å²) < 4.78 is 1.44. The summed E-state index contributed by atoms with van der Waals surface area (Å²) >= 11 is 12.5. The molecule has 9 heteroatoms. The van der Waals surface area contributed by atoms with Crippen molar-refractivity contribution in [1.29, 1.82) is 0 Å². The van der Waals surface area contributed by atoms with Crippen molar-refractivity contribution in [3.8, 4) is 16.8 Å². The number of nitrogens with two attached hydrogens (primary N) is 1. The van der Waals surface area contributed by atoms with Crippen molar-refractivity contribution in [3.63, 3.8) is 0 Å². The molecule has 0 aliphatic carbocycles. The molecule has 1 amide bonds. The summed E-state index contributed by atoms with van der Waals surface area (Å²) in [6.45, 7) is 2.07. The minimum Gasteiger partial charge on any atom is -0.364 e. The van der Waals surface area contributed by atoms with Crippen LogP contribution in [0.5, 0.6) is 0 Å². The van der Waals surface area contributed by atoms with Crippen LogP contribution in [0.3, 0.4) is 0 Å². The van der Waals surface area contributed by atoms with Crippen LogP contribution in [0.15, 0.2) is 61.1 Å². The van der Waals surface area contributed by atoms with E-state index in [0.717, 1.165) is 28.8 Å². The van der Waals surface area contributed by atoms with E-state index in [1.807, 2.05) is 24.3 Å². The first-order valence-corrected chi connectivity index (χ1v) is 10.2. The molecule has 2 heterocycles. The maximum absolute atomic E-state index is 12.0. The first-order chi connectivity index (χ1) is 15.0. The van der Waals surface area contributed by atoms with E-state index in [1.54, 1.807) is 36.8 Å². The smallest absolute Gasteiger partial charge is 0.271 e. The van der Waals surface area contributed by atoms with Gasteiger partial charge in [0.1, 0.15) is 5.69 Å². The van der Waals surface area contributed by atoms with Crippen molar-refractivity contribution in [1.82, 2.24) is 20.0 Å². The molecule has 0 saturated heterocycles. The largest absolute Gasteiger partial charge is 0.364 e. The van der Waals surface area contributed by atoms with Crippen molar-refractivity contribution in [2.75, 3.05) is 5.32 Å². The third kappa shape index (κ3) is 4.23. The number of nitrogens with one attached hydrogen (secondary N) is 1. The van der Waals surface area contributed by atoms with E-state index in [-0.39, 0.29) is 5.69 Å². The molecule has 31 heavy (non-hydrogen) atoms. The topological polar surface area (TPSA) is 98.7 Å². The van der Waals surface area contributed by atoms with Crippen LogP contribution in [0.25, 0.3) is 16.8 Å². The van der Waals surface area contributed by atoms with Gasteiger partial charge in [-0.15, -0.1) is 0 Å². The van der Waals surface area contributed by atoms with Gasteiger partial charge in [-0.05, 0) is 41.8 Å². The molecule has 2 aromatic heterocycles. The zero-order chi connectivity index (χ0) is 22.0. The first kappa shape index (κ1) is 20.8. The van der Waals surface area contributed by atoms with Crippen molar-refractivity contribution in [2.45, 2.75) is 13.3 Å². The van der Waals surface area contributed by atoms with Gasteiger partial charge in [-0.2, -0.15) is 15.3 Å². The number of aromatic nitrogens is 4. The lowest BCUT2D eigenvalue weighted by Gasteiger charge is -2.09. The van der Waals surface area contributed by atoms with E-state index in [2.05, 4.69) is 27.5 Å². The van der Waals surface area contributed by atoms with Gasteiger partial charge in [-0.3, -0.25) is 4.79 Å². The number of hydrogen-bond acceptors (Lipinski definition) is 5. The van der Waals surface area contributed by atoms with Gasteiger partial charge < -0.3 is 11.1 Å². The van der Waals surface area contributed by atoms with Gasteiger partial charge >= 0.3 is 0 Å². The molecule has 0 aliphatic rings. The fourth-order valence-corrected chi connectivity index (χ4v) is 3.82. The van der Waals surface area contributed by atoms with Crippen LogP contribution in [-0.4, -0.2) is 25.9 Å². The van der Waals surface area contributed by atoms with E-state index in [4.69, 9.17) is 28.9 Å². The van der Waals surface area contributed by atoms with Crippen molar-refractivity contribution in [2.24, 2.45) is 5.73 Å². The Morgan fingerprint density at radius 1 is 1.06 bits per heavy atom. The molecule has 2 aromatic carbocycles. The highest BCUT2D eigenvalue weighted by atomic mass is 35.5. The zero-order valence-electron chi connectivity index (χ0n) is 16.5. The van der Waals surface area contributed by atoms with E-state index < -0.39 is 5.91 Å². The minimum absolute atomic E-state index is 0.0756. The predicted octanol–water partition coefficient (Wildman–Crippen LogP) is 5.04. The quantitative estimate of drug-likeness (QED) is 0.426. The second kappa shape index (κ2) is 8.75. The number of nitrogens with zero attached hydrogens (tertiary/aromatic N) is 4. The lowest BCUT2D eigenvalue weighted by atomic mass is 10.0. The number of aryl methyl sites for hydroxylation is 1. The molecule has 156 valence electrons. The fourth-order valence-electron chi connectivity index (χ4n) is 3.25. The molecule has 0 unspecified atom stereocenters. The fraction of sp³-hybridized carbons (Fsp3) is 0.0909. The number of carbonyl (C=O) groups excluding carboxylic acids is 1. The molecular weight excluding hydrogens is 435 g/mol. The summed E-state index contributed by atoms with van der Waals surface area (Å²) in [5, 5.41) is 16.2. The normalized spacial score (nSPS) is 10.8. The lowest BCUT2D eigenvalue weighted by Crippen LogP contribution is -2.14. The number of anilines is 2. The molecule has 7 nitrogen and oxygen atoms in total. The molecule has 0 aliphatic heterocycles. The molecule has 0 bridgehead atoms. The van der Waals surface area contributed by atoms with Gasteiger partial charge in [-0.25, -0.2) is 4.68 Å². The molecule has 3 N–H and O–H groups in total. The van der Waals surface area contributed by atoms with Gasteiger partial charge in [0.2, 0.25) is 0 Å². The number of primary amides is 1. The molecular formula is C22H18Cl2N6O. The monoisotopic (exact) mass is 452 g/mol. The van der Waals surface area contributed by atoms with E-state index in [0.29, 0.717) is 21.4 Å². The van der Waals surface area contributed by atoms with Crippen LogP contribution in [0.4, 0.5) is 11.4 Å². The summed E-state index contributed by atoms with van der Waals surface area (Å²) in [6, 6.07) is 12.9. The summed E-state index contributed by atoms with van der Waals surface area (Å²) in [5.74, 6) is -0.670. The molecule has 0 fully saturated rings. The maximum atomic E-state index is 12.0. The Labute approximate surface area is 188 Å². The standard InChI is InChI=1S/C22H18Cl2N6O/c1-2-13-10-26-27-11-16(13)14-6-8-15(9-7-14)28-19-12-30(29-20(19)22(25)31)21-17(23)4-3-5-18(21)24/h3-12,28H,2H2,1H3,(H2,25,31). The van der Waals surface area contributed by atoms with Crippen LogP contribution < -0.4 is 11.1 Å². The van der Waals surface area contributed by atoms with Crippen LogP contribution in [0.1, 0.15) is 23.0 Å².